The van der Waals surface area contributed by atoms with Crippen molar-refractivity contribution in [3.8, 4) is 17.2 Å². The van der Waals surface area contributed by atoms with Gasteiger partial charge in [0, 0.05) is 22.3 Å². The van der Waals surface area contributed by atoms with E-state index >= 15 is 0 Å². The van der Waals surface area contributed by atoms with Gasteiger partial charge in [-0.1, -0.05) is 40.9 Å². The molecule has 3 aromatic carbocycles. The van der Waals surface area contributed by atoms with Crippen LogP contribution in [0.3, 0.4) is 0 Å². The second-order valence-corrected chi connectivity index (χ2v) is 8.73. The third-order valence-electron chi connectivity index (χ3n) is 4.94. The van der Waals surface area contributed by atoms with Crippen LogP contribution < -0.4 is 10.1 Å². The van der Waals surface area contributed by atoms with Crippen molar-refractivity contribution < 1.29 is 13.9 Å². The number of halogens is 3. The summed E-state index contributed by atoms with van der Waals surface area (Å²) < 4.78 is 11.3. The standard InChI is InChI=1S/C25H19Cl3N2O3/c1-13-8-14(2)23-21(9-13)30-25(33-23)18-12-17(5-6-19(18)27)29-22(31)7-4-15-10-16(26)11-20(28)24(15)32-3/h4-12H,1-3H3,(H,29,31)/b7-4+. The fourth-order valence-corrected chi connectivity index (χ4v) is 4.31. The number of benzene rings is 3. The van der Waals surface area contributed by atoms with E-state index in [0.29, 0.717) is 49.1 Å². The minimum Gasteiger partial charge on any atom is -0.495 e. The van der Waals surface area contributed by atoms with Gasteiger partial charge in [0.25, 0.3) is 0 Å². The second-order valence-electron chi connectivity index (χ2n) is 7.48. The molecule has 0 aliphatic rings. The third kappa shape index (κ3) is 5.01. The van der Waals surface area contributed by atoms with Crippen LogP contribution in [0.5, 0.6) is 5.75 Å². The average molecular weight is 502 g/mol. The number of hydrogen-bond acceptors (Lipinski definition) is 4. The lowest BCUT2D eigenvalue weighted by atomic mass is 10.1. The van der Waals surface area contributed by atoms with E-state index in [9.17, 15) is 4.79 Å². The number of ether oxygens (including phenoxy) is 1. The molecule has 1 amide bonds. The molecule has 0 saturated carbocycles. The first-order valence-electron chi connectivity index (χ1n) is 9.95. The van der Waals surface area contributed by atoms with Gasteiger partial charge in [-0.2, -0.15) is 0 Å². The summed E-state index contributed by atoms with van der Waals surface area (Å²) in [5.41, 5.74) is 5.25. The second kappa shape index (κ2) is 9.48. The van der Waals surface area contributed by atoms with Gasteiger partial charge in [0.15, 0.2) is 5.58 Å². The van der Waals surface area contributed by atoms with Gasteiger partial charge in [-0.15, -0.1) is 0 Å². The molecule has 0 atom stereocenters. The highest BCUT2D eigenvalue weighted by Gasteiger charge is 2.15. The number of fused-ring (bicyclic) bond motifs is 1. The van der Waals surface area contributed by atoms with Crippen LogP contribution in [-0.2, 0) is 4.79 Å². The molecule has 1 N–H and O–H groups in total. The van der Waals surface area contributed by atoms with Crippen molar-refractivity contribution in [3.63, 3.8) is 0 Å². The summed E-state index contributed by atoms with van der Waals surface area (Å²) in [6, 6.07) is 12.3. The Morgan fingerprint density at radius 2 is 1.85 bits per heavy atom. The van der Waals surface area contributed by atoms with Gasteiger partial charge in [0.2, 0.25) is 11.8 Å². The van der Waals surface area contributed by atoms with Crippen LogP contribution in [0.4, 0.5) is 5.69 Å². The molecule has 0 spiro atoms. The molecule has 4 rings (SSSR count). The molecule has 168 valence electrons. The Kier molecular flexibility index (Phi) is 6.66. The molecule has 0 aliphatic heterocycles. The lowest BCUT2D eigenvalue weighted by molar-refractivity contribution is -0.111. The number of carbonyl (C=O) groups is 1. The van der Waals surface area contributed by atoms with E-state index in [-0.39, 0.29) is 5.91 Å². The number of methoxy groups -OCH3 is 1. The number of carbonyl (C=O) groups excluding carboxylic acids is 1. The minimum atomic E-state index is -0.356. The number of amides is 1. The Balaban J connectivity index is 1.59. The van der Waals surface area contributed by atoms with E-state index in [4.69, 9.17) is 44.0 Å². The molecule has 0 aliphatic carbocycles. The first-order chi connectivity index (χ1) is 15.7. The number of aromatic nitrogens is 1. The summed E-state index contributed by atoms with van der Waals surface area (Å²) in [6.07, 6.45) is 2.94. The zero-order chi connectivity index (χ0) is 23.7. The minimum absolute atomic E-state index is 0.356. The molecular weight excluding hydrogens is 483 g/mol. The lowest BCUT2D eigenvalue weighted by Crippen LogP contribution is -2.07. The summed E-state index contributed by atoms with van der Waals surface area (Å²) in [6.45, 7) is 3.97. The van der Waals surface area contributed by atoms with Gasteiger partial charge in [0.05, 0.1) is 22.7 Å². The van der Waals surface area contributed by atoms with Crippen LogP contribution in [0, 0.1) is 13.8 Å². The van der Waals surface area contributed by atoms with Gasteiger partial charge in [-0.3, -0.25) is 4.79 Å². The Hall–Kier alpha value is -2.99. The summed E-state index contributed by atoms with van der Waals surface area (Å²) in [4.78, 5) is 17.1. The van der Waals surface area contributed by atoms with Crippen LogP contribution >= 0.6 is 34.8 Å². The van der Waals surface area contributed by atoms with E-state index in [1.807, 2.05) is 26.0 Å². The maximum absolute atomic E-state index is 12.5. The summed E-state index contributed by atoms with van der Waals surface area (Å²) in [5.74, 6) is 0.458. The quantitative estimate of drug-likeness (QED) is 0.284. The molecule has 0 bridgehead atoms. The smallest absolute Gasteiger partial charge is 0.248 e. The van der Waals surface area contributed by atoms with Crippen molar-refractivity contribution >= 4 is 63.6 Å². The molecule has 0 unspecified atom stereocenters. The first-order valence-corrected chi connectivity index (χ1v) is 11.1. The van der Waals surface area contributed by atoms with E-state index in [0.717, 1.165) is 16.6 Å². The van der Waals surface area contributed by atoms with Gasteiger partial charge in [0.1, 0.15) is 11.3 Å². The molecule has 1 heterocycles. The van der Waals surface area contributed by atoms with Crippen molar-refractivity contribution in [3.05, 3.63) is 80.3 Å². The number of nitrogens with one attached hydrogen (secondary N) is 1. The number of aryl methyl sites for hydroxylation is 2. The summed E-state index contributed by atoms with van der Waals surface area (Å²) in [7, 11) is 1.50. The third-order valence-corrected chi connectivity index (χ3v) is 5.77. The zero-order valence-corrected chi connectivity index (χ0v) is 20.3. The number of anilines is 1. The average Bonchev–Trinajstić information content (AvgIpc) is 3.17. The van der Waals surface area contributed by atoms with E-state index in [1.165, 1.54) is 13.2 Å². The van der Waals surface area contributed by atoms with Gasteiger partial charge < -0.3 is 14.5 Å². The highest BCUT2D eigenvalue weighted by molar-refractivity contribution is 6.36. The van der Waals surface area contributed by atoms with E-state index < -0.39 is 0 Å². The molecule has 0 saturated heterocycles. The number of oxazole rings is 1. The first kappa shape index (κ1) is 23.2. The SMILES string of the molecule is COc1c(Cl)cc(Cl)cc1/C=C/C(=O)Nc1ccc(Cl)c(-c2nc3cc(C)cc(C)c3o2)c1. The summed E-state index contributed by atoms with van der Waals surface area (Å²) in [5, 5.41) is 4.07. The molecule has 5 nitrogen and oxygen atoms in total. The van der Waals surface area contributed by atoms with Crippen molar-refractivity contribution in [1.82, 2.24) is 4.98 Å². The Morgan fingerprint density at radius 3 is 2.61 bits per heavy atom. The Bertz CT molecular complexity index is 1410. The normalized spacial score (nSPS) is 11.3. The zero-order valence-electron chi connectivity index (χ0n) is 18.0. The largest absolute Gasteiger partial charge is 0.495 e. The molecule has 4 aromatic rings. The molecule has 33 heavy (non-hydrogen) atoms. The lowest BCUT2D eigenvalue weighted by Gasteiger charge is -2.08. The van der Waals surface area contributed by atoms with Crippen LogP contribution in [-0.4, -0.2) is 18.0 Å². The van der Waals surface area contributed by atoms with E-state index in [2.05, 4.69) is 10.3 Å². The maximum atomic E-state index is 12.5. The Morgan fingerprint density at radius 1 is 1.06 bits per heavy atom. The van der Waals surface area contributed by atoms with Gasteiger partial charge in [-0.05, 0) is 67.4 Å². The van der Waals surface area contributed by atoms with E-state index in [1.54, 1.807) is 36.4 Å². The highest BCUT2D eigenvalue weighted by atomic mass is 35.5. The van der Waals surface area contributed by atoms with Crippen LogP contribution in [0.15, 0.2) is 53.0 Å². The van der Waals surface area contributed by atoms with Crippen LogP contribution in [0.25, 0.3) is 28.6 Å². The number of nitrogens with zero attached hydrogens (tertiary/aromatic N) is 1. The molecular formula is C25H19Cl3N2O3. The summed E-state index contributed by atoms with van der Waals surface area (Å²) >= 11 is 18.6. The Labute approximate surface area is 205 Å². The monoisotopic (exact) mass is 500 g/mol. The molecule has 8 heteroatoms. The maximum Gasteiger partial charge on any atom is 0.248 e. The van der Waals surface area contributed by atoms with Crippen molar-refractivity contribution in [2.75, 3.05) is 12.4 Å². The van der Waals surface area contributed by atoms with Crippen molar-refractivity contribution in [2.45, 2.75) is 13.8 Å². The highest BCUT2D eigenvalue weighted by Crippen LogP contribution is 2.34. The van der Waals surface area contributed by atoms with Gasteiger partial charge >= 0.3 is 0 Å². The fourth-order valence-electron chi connectivity index (χ4n) is 3.53. The topological polar surface area (TPSA) is 64.4 Å². The molecule has 1 aromatic heterocycles. The molecule has 0 radical (unpaired) electrons. The van der Waals surface area contributed by atoms with Crippen molar-refractivity contribution in [2.24, 2.45) is 0 Å². The fraction of sp³-hybridized carbons (Fsp3) is 0.120. The predicted octanol–water partition coefficient (Wildman–Crippen LogP) is 7.73. The predicted molar refractivity (Wildman–Crippen MR) is 135 cm³/mol. The number of hydrogen-bond donors (Lipinski definition) is 1. The van der Waals surface area contributed by atoms with Crippen LogP contribution in [0.2, 0.25) is 15.1 Å². The van der Waals surface area contributed by atoms with Crippen LogP contribution in [0.1, 0.15) is 16.7 Å². The number of rotatable bonds is 5. The van der Waals surface area contributed by atoms with Crippen molar-refractivity contribution in [1.29, 1.82) is 0 Å². The molecule has 0 fully saturated rings. The van der Waals surface area contributed by atoms with Gasteiger partial charge in [-0.25, -0.2) is 4.98 Å².